The summed E-state index contributed by atoms with van der Waals surface area (Å²) in [5.41, 5.74) is 2.08. The van der Waals surface area contributed by atoms with E-state index in [2.05, 4.69) is 21.6 Å². The Labute approximate surface area is 157 Å². The first kappa shape index (κ1) is 16.4. The molecular formula is C17H13ClN4OS2. The number of hydrogen-bond acceptors (Lipinski definition) is 5. The molecular weight excluding hydrogens is 376 g/mol. The van der Waals surface area contributed by atoms with E-state index in [0.717, 1.165) is 25.9 Å². The van der Waals surface area contributed by atoms with Gasteiger partial charge in [0.05, 0.1) is 16.0 Å². The highest BCUT2D eigenvalue weighted by molar-refractivity contribution is 7.99. The lowest BCUT2D eigenvalue weighted by Gasteiger charge is -2.05. The van der Waals surface area contributed by atoms with Crippen molar-refractivity contribution >= 4 is 55.8 Å². The Morgan fingerprint density at radius 1 is 1.16 bits per heavy atom. The number of halogens is 1. The van der Waals surface area contributed by atoms with Crippen LogP contribution in [0.3, 0.4) is 0 Å². The van der Waals surface area contributed by atoms with Crippen LogP contribution >= 0.6 is 34.7 Å². The van der Waals surface area contributed by atoms with Gasteiger partial charge in [0.25, 0.3) is 0 Å². The predicted octanol–water partition coefficient (Wildman–Crippen LogP) is 4.01. The number of aromatic nitrogens is 3. The van der Waals surface area contributed by atoms with Gasteiger partial charge in [-0.15, -0.1) is 10.2 Å². The second kappa shape index (κ2) is 7.03. The third-order valence-electron chi connectivity index (χ3n) is 3.65. The zero-order valence-electron chi connectivity index (χ0n) is 13.0. The highest BCUT2D eigenvalue weighted by Crippen LogP contribution is 2.29. The van der Waals surface area contributed by atoms with E-state index in [9.17, 15) is 4.79 Å². The molecule has 25 heavy (non-hydrogen) atoms. The topological polar surface area (TPSA) is 59.3 Å². The van der Waals surface area contributed by atoms with E-state index in [0.29, 0.717) is 17.3 Å². The van der Waals surface area contributed by atoms with Crippen molar-refractivity contribution in [3.8, 4) is 0 Å². The number of nitrogens with zero attached hydrogens (tertiary/aromatic N) is 3. The van der Waals surface area contributed by atoms with E-state index in [1.54, 1.807) is 11.3 Å². The molecule has 0 radical (unpaired) electrons. The van der Waals surface area contributed by atoms with Gasteiger partial charge in [0, 0.05) is 11.6 Å². The number of thiazole rings is 1. The minimum atomic E-state index is -0.0452. The number of para-hydroxylation sites is 1. The fourth-order valence-corrected chi connectivity index (χ4v) is 4.36. The van der Waals surface area contributed by atoms with Crippen LogP contribution in [-0.4, -0.2) is 26.3 Å². The van der Waals surface area contributed by atoms with Crippen LogP contribution in [0.1, 0.15) is 5.56 Å². The summed E-state index contributed by atoms with van der Waals surface area (Å²) in [4.78, 5) is 12.9. The summed E-state index contributed by atoms with van der Waals surface area (Å²) in [5, 5.41) is 12.7. The van der Waals surface area contributed by atoms with Crippen LogP contribution in [0.25, 0.3) is 15.2 Å². The van der Waals surface area contributed by atoms with Gasteiger partial charge >= 0.3 is 0 Å². The van der Waals surface area contributed by atoms with E-state index < -0.39 is 0 Å². The first-order chi connectivity index (χ1) is 12.2. The maximum absolute atomic E-state index is 12.1. The Morgan fingerprint density at radius 3 is 2.80 bits per heavy atom. The molecule has 5 nitrogen and oxygen atoms in total. The summed E-state index contributed by atoms with van der Waals surface area (Å²) in [6, 6.07) is 15.5. The van der Waals surface area contributed by atoms with E-state index in [1.165, 1.54) is 11.8 Å². The maximum atomic E-state index is 12.1. The molecule has 0 atom stereocenters. The standard InChI is InChI=1S/C17H13ClN4OS2/c18-12-7-5-11(6-8-12)9-19-15(23)10-24-16-20-21-17-22(16)13-3-1-2-4-14(13)25-17/h1-8H,9-10H2,(H,19,23). The van der Waals surface area contributed by atoms with Gasteiger partial charge in [-0.1, -0.05) is 59.0 Å². The molecule has 8 heteroatoms. The lowest BCUT2D eigenvalue weighted by molar-refractivity contribution is -0.118. The number of hydrogen-bond donors (Lipinski definition) is 1. The Morgan fingerprint density at radius 2 is 1.96 bits per heavy atom. The molecule has 2 aromatic carbocycles. The minimum Gasteiger partial charge on any atom is -0.351 e. The molecule has 0 aliphatic carbocycles. The number of rotatable bonds is 5. The van der Waals surface area contributed by atoms with Crippen LogP contribution < -0.4 is 5.32 Å². The summed E-state index contributed by atoms with van der Waals surface area (Å²) in [5.74, 6) is 0.245. The van der Waals surface area contributed by atoms with Crippen LogP contribution in [-0.2, 0) is 11.3 Å². The van der Waals surface area contributed by atoms with Crippen LogP contribution in [0.2, 0.25) is 5.02 Å². The first-order valence-corrected chi connectivity index (χ1v) is 9.75. The zero-order valence-corrected chi connectivity index (χ0v) is 15.4. The van der Waals surface area contributed by atoms with Gasteiger partial charge in [0.15, 0.2) is 5.16 Å². The smallest absolute Gasteiger partial charge is 0.230 e. The van der Waals surface area contributed by atoms with Crippen LogP contribution in [0.5, 0.6) is 0 Å². The van der Waals surface area contributed by atoms with Gasteiger partial charge in [-0.25, -0.2) is 0 Å². The molecule has 2 aromatic heterocycles. The van der Waals surface area contributed by atoms with E-state index in [-0.39, 0.29) is 5.91 Å². The summed E-state index contributed by atoms with van der Waals surface area (Å²) < 4.78 is 3.15. The SMILES string of the molecule is O=C(CSc1nnc2sc3ccccc3n12)NCc1ccc(Cl)cc1. The number of amides is 1. The number of carbonyl (C=O) groups is 1. The number of carbonyl (C=O) groups excluding carboxylic acids is 1. The molecule has 0 bridgehead atoms. The van der Waals surface area contributed by atoms with Crippen LogP contribution in [0.15, 0.2) is 53.7 Å². The largest absolute Gasteiger partial charge is 0.351 e. The molecule has 0 spiro atoms. The summed E-state index contributed by atoms with van der Waals surface area (Å²) in [6.07, 6.45) is 0. The monoisotopic (exact) mass is 388 g/mol. The number of thioether (sulfide) groups is 1. The van der Waals surface area contributed by atoms with Gasteiger partial charge in [0.1, 0.15) is 0 Å². The fraction of sp³-hybridized carbons (Fsp3) is 0.118. The molecule has 0 fully saturated rings. The molecule has 4 aromatic rings. The van der Waals surface area contributed by atoms with Gasteiger partial charge < -0.3 is 5.32 Å². The van der Waals surface area contributed by atoms with Crippen LogP contribution in [0, 0.1) is 0 Å². The van der Waals surface area contributed by atoms with Crippen molar-refractivity contribution in [3.05, 3.63) is 59.1 Å². The molecule has 0 saturated carbocycles. The number of fused-ring (bicyclic) bond motifs is 3. The Kier molecular flexibility index (Phi) is 4.61. The highest BCUT2D eigenvalue weighted by Gasteiger charge is 2.13. The summed E-state index contributed by atoms with van der Waals surface area (Å²) in [6.45, 7) is 0.479. The molecule has 0 aliphatic rings. The molecule has 126 valence electrons. The quantitative estimate of drug-likeness (QED) is 0.525. The average molecular weight is 389 g/mol. The Bertz CT molecular complexity index is 1040. The molecule has 1 amide bonds. The zero-order chi connectivity index (χ0) is 17.2. The number of benzene rings is 2. The highest BCUT2D eigenvalue weighted by atomic mass is 35.5. The van der Waals surface area contributed by atoms with Gasteiger partial charge in [-0.3, -0.25) is 9.20 Å². The van der Waals surface area contributed by atoms with Gasteiger partial charge in [0.2, 0.25) is 10.9 Å². The van der Waals surface area contributed by atoms with Crippen molar-refractivity contribution in [2.45, 2.75) is 11.7 Å². The van der Waals surface area contributed by atoms with Crippen LogP contribution in [0.4, 0.5) is 0 Å². The third kappa shape index (κ3) is 3.49. The predicted molar refractivity (Wildman–Crippen MR) is 102 cm³/mol. The molecule has 2 heterocycles. The number of nitrogens with one attached hydrogen (secondary N) is 1. The second-order valence-electron chi connectivity index (χ2n) is 5.36. The lowest BCUT2D eigenvalue weighted by Crippen LogP contribution is -2.24. The Balaban J connectivity index is 1.41. The summed E-state index contributed by atoms with van der Waals surface area (Å²) in [7, 11) is 0. The first-order valence-electron chi connectivity index (χ1n) is 7.57. The van der Waals surface area contributed by atoms with Gasteiger partial charge in [-0.05, 0) is 29.8 Å². The molecule has 0 saturated heterocycles. The van der Waals surface area contributed by atoms with Crippen molar-refractivity contribution in [1.82, 2.24) is 19.9 Å². The van der Waals surface area contributed by atoms with Crippen molar-refractivity contribution in [1.29, 1.82) is 0 Å². The molecule has 0 unspecified atom stereocenters. The van der Waals surface area contributed by atoms with Crippen molar-refractivity contribution in [3.63, 3.8) is 0 Å². The van der Waals surface area contributed by atoms with E-state index in [4.69, 9.17) is 11.6 Å². The lowest BCUT2D eigenvalue weighted by atomic mass is 10.2. The maximum Gasteiger partial charge on any atom is 0.230 e. The van der Waals surface area contributed by atoms with Crippen molar-refractivity contribution in [2.75, 3.05) is 5.75 Å². The molecule has 1 N–H and O–H groups in total. The second-order valence-corrected chi connectivity index (χ2v) is 7.75. The fourth-order valence-electron chi connectivity index (χ4n) is 2.43. The normalized spacial score (nSPS) is 11.2. The van der Waals surface area contributed by atoms with E-state index in [1.807, 2.05) is 46.9 Å². The third-order valence-corrected chi connectivity index (χ3v) is 5.84. The Hall–Kier alpha value is -2.09. The minimum absolute atomic E-state index is 0.0452. The van der Waals surface area contributed by atoms with Gasteiger partial charge in [-0.2, -0.15) is 0 Å². The average Bonchev–Trinajstić information content (AvgIpc) is 3.18. The molecule has 0 aliphatic heterocycles. The summed E-state index contributed by atoms with van der Waals surface area (Å²) >= 11 is 8.83. The van der Waals surface area contributed by atoms with Crippen molar-refractivity contribution < 1.29 is 4.79 Å². The molecule has 4 rings (SSSR count). The van der Waals surface area contributed by atoms with E-state index >= 15 is 0 Å². The van der Waals surface area contributed by atoms with Crippen molar-refractivity contribution in [2.24, 2.45) is 0 Å².